The van der Waals surface area contributed by atoms with E-state index in [0.717, 1.165) is 12.3 Å². The van der Waals surface area contributed by atoms with Gasteiger partial charge in [-0.3, -0.25) is 0 Å². The third kappa shape index (κ3) is 6.36. The molecule has 68 valence electrons. The molecular weight excluding hydrogens is 136 g/mol. The number of unbranched alkanes of at least 4 members (excludes halogenated alkanes) is 1. The van der Waals surface area contributed by atoms with Gasteiger partial charge in [-0.15, -0.1) is 0 Å². The molecule has 0 rings (SSSR count). The molecule has 1 N–H and O–H groups in total. The molecule has 0 spiro atoms. The van der Waals surface area contributed by atoms with E-state index in [4.69, 9.17) is 5.11 Å². The molecule has 0 radical (unpaired) electrons. The molecule has 1 nitrogen and oxygen atoms in total. The second kappa shape index (κ2) is 8.06. The summed E-state index contributed by atoms with van der Waals surface area (Å²) in [6.45, 7) is 4.81. The van der Waals surface area contributed by atoms with Crippen molar-refractivity contribution in [1.82, 2.24) is 0 Å². The Morgan fingerprint density at radius 1 is 1.00 bits per heavy atom. The molecule has 0 aliphatic rings. The highest BCUT2D eigenvalue weighted by atomic mass is 16.3. The Morgan fingerprint density at radius 3 is 2.18 bits per heavy atom. The fourth-order valence-corrected chi connectivity index (χ4v) is 1.52. The quantitative estimate of drug-likeness (QED) is 0.604. The smallest absolute Gasteiger partial charge is 0.0433 e. The number of aliphatic hydroxyl groups is 1. The predicted molar refractivity (Wildman–Crippen MR) is 49.6 cm³/mol. The lowest BCUT2D eigenvalue weighted by molar-refractivity contribution is 0.244. The summed E-state index contributed by atoms with van der Waals surface area (Å²) in [4.78, 5) is 0. The predicted octanol–water partition coefficient (Wildman–Crippen LogP) is 2.98. The summed E-state index contributed by atoms with van der Waals surface area (Å²) in [6.07, 6.45) is 7.48. The zero-order valence-electron chi connectivity index (χ0n) is 7.97. The van der Waals surface area contributed by atoms with Crippen LogP contribution in [0.4, 0.5) is 0 Å². The molecule has 1 heteroatoms. The maximum atomic E-state index is 8.76. The third-order valence-electron chi connectivity index (χ3n) is 2.20. The van der Waals surface area contributed by atoms with Crippen molar-refractivity contribution in [1.29, 1.82) is 0 Å². The van der Waals surface area contributed by atoms with Gasteiger partial charge in [-0.2, -0.15) is 0 Å². The molecule has 0 saturated carbocycles. The van der Waals surface area contributed by atoms with Gasteiger partial charge in [-0.05, 0) is 12.3 Å². The number of hydrogen-bond acceptors (Lipinski definition) is 1. The summed E-state index contributed by atoms with van der Waals surface area (Å²) in [5.41, 5.74) is 0. The second-order valence-electron chi connectivity index (χ2n) is 3.31. The van der Waals surface area contributed by atoms with Crippen LogP contribution in [0.5, 0.6) is 0 Å². The largest absolute Gasteiger partial charge is 0.396 e. The van der Waals surface area contributed by atoms with Crippen molar-refractivity contribution in [2.24, 2.45) is 5.92 Å². The van der Waals surface area contributed by atoms with Gasteiger partial charge in [-0.1, -0.05) is 46.0 Å². The van der Waals surface area contributed by atoms with Gasteiger partial charge in [0.05, 0.1) is 0 Å². The lowest BCUT2D eigenvalue weighted by Crippen LogP contribution is -2.02. The molecule has 0 saturated heterocycles. The third-order valence-corrected chi connectivity index (χ3v) is 2.20. The molecule has 0 bridgehead atoms. The lowest BCUT2D eigenvalue weighted by atomic mass is 9.94. The summed E-state index contributed by atoms with van der Waals surface area (Å²) in [5.74, 6) is 0.782. The zero-order valence-corrected chi connectivity index (χ0v) is 7.97. The first-order chi connectivity index (χ1) is 5.35. The maximum absolute atomic E-state index is 8.76. The fraction of sp³-hybridized carbons (Fsp3) is 1.00. The first kappa shape index (κ1) is 11.0. The Morgan fingerprint density at radius 2 is 1.73 bits per heavy atom. The van der Waals surface area contributed by atoms with Crippen LogP contribution in [-0.2, 0) is 0 Å². The van der Waals surface area contributed by atoms with E-state index in [1.807, 2.05) is 0 Å². The highest BCUT2D eigenvalue weighted by Crippen LogP contribution is 2.17. The Bertz CT molecular complexity index is 65.3. The van der Waals surface area contributed by atoms with Crippen molar-refractivity contribution >= 4 is 0 Å². The number of rotatable bonds is 7. The van der Waals surface area contributed by atoms with Crippen LogP contribution < -0.4 is 0 Å². The van der Waals surface area contributed by atoms with Gasteiger partial charge in [0.15, 0.2) is 0 Å². The topological polar surface area (TPSA) is 20.2 Å². The standard InChI is InChI=1S/C10H22O/c1-3-5-7-10(6-4-2)8-9-11/h10-11H,3-9H2,1-2H3. The molecule has 11 heavy (non-hydrogen) atoms. The first-order valence-electron chi connectivity index (χ1n) is 4.96. The SMILES string of the molecule is CCCCC(CCC)CCO. The average molecular weight is 158 g/mol. The fourth-order valence-electron chi connectivity index (χ4n) is 1.52. The molecule has 0 aromatic heterocycles. The highest BCUT2D eigenvalue weighted by molar-refractivity contribution is 4.57. The summed E-state index contributed by atoms with van der Waals surface area (Å²) in [5, 5.41) is 8.76. The number of aliphatic hydroxyl groups excluding tert-OH is 1. The Labute approximate surface area is 70.8 Å². The van der Waals surface area contributed by atoms with Gasteiger partial charge in [0.1, 0.15) is 0 Å². The van der Waals surface area contributed by atoms with Gasteiger partial charge >= 0.3 is 0 Å². The molecule has 1 unspecified atom stereocenters. The van der Waals surface area contributed by atoms with Crippen molar-refractivity contribution in [2.75, 3.05) is 6.61 Å². The van der Waals surface area contributed by atoms with E-state index in [0.29, 0.717) is 6.61 Å². The first-order valence-corrected chi connectivity index (χ1v) is 4.96. The normalized spacial score (nSPS) is 13.4. The van der Waals surface area contributed by atoms with E-state index in [1.165, 1.54) is 32.1 Å². The number of hydrogen-bond donors (Lipinski definition) is 1. The lowest BCUT2D eigenvalue weighted by Gasteiger charge is -2.13. The maximum Gasteiger partial charge on any atom is 0.0433 e. The summed E-state index contributed by atoms with van der Waals surface area (Å²) < 4.78 is 0. The average Bonchev–Trinajstić information content (AvgIpc) is 2.01. The minimum absolute atomic E-state index is 0.369. The van der Waals surface area contributed by atoms with Crippen LogP contribution in [0, 0.1) is 5.92 Å². The van der Waals surface area contributed by atoms with Crippen LogP contribution in [0.15, 0.2) is 0 Å². The van der Waals surface area contributed by atoms with Crippen LogP contribution in [-0.4, -0.2) is 11.7 Å². The van der Waals surface area contributed by atoms with Crippen LogP contribution in [0.1, 0.15) is 52.4 Å². The van der Waals surface area contributed by atoms with Gasteiger partial charge < -0.3 is 5.11 Å². The van der Waals surface area contributed by atoms with E-state index >= 15 is 0 Å². The van der Waals surface area contributed by atoms with Crippen molar-refractivity contribution in [3.63, 3.8) is 0 Å². The van der Waals surface area contributed by atoms with Gasteiger partial charge in [0.25, 0.3) is 0 Å². The van der Waals surface area contributed by atoms with Crippen molar-refractivity contribution < 1.29 is 5.11 Å². The second-order valence-corrected chi connectivity index (χ2v) is 3.31. The van der Waals surface area contributed by atoms with Crippen LogP contribution in [0.2, 0.25) is 0 Å². The van der Waals surface area contributed by atoms with Gasteiger partial charge in [0, 0.05) is 6.61 Å². The van der Waals surface area contributed by atoms with Crippen molar-refractivity contribution in [3.8, 4) is 0 Å². The van der Waals surface area contributed by atoms with Crippen molar-refractivity contribution in [3.05, 3.63) is 0 Å². The van der Waals surface area contributed by atoms with Gasteiger partial charge in [-0.25, -0.2) is 0 Å². The summed E-state index contributed by atoms with van der Waals surface area (Å²) in [6, 6.07) is 0. The molecule has 0 fully saturated rings. The molecule has 0 aromatic carbocycles. The van der Waals surface area contributed by atoms with E-state index in [1.54, 1.807) is 0 Å². The Kier molecular flexibility index (Phi) is 8.03. The molecule has 0 aliphatic carbocycles. The molecule has 0 aromatic rings. The minimum atomic E-state index is 0.369. The van der Waals surface area contributed by atoms with E-state index in [2.05, 4.69) is 13.8 Å². The van der Waals surface area contributed by atoms with Crippen molar-refractivity contribution in [2.45, 2.75) is 52.4 Å². The zero-order chi connectivity index (χ0) is 8.53. The Balaban J connectivity index is 3.34. The van der Waals surface area contributed by atoms with Crippen LogP contribution in [0.3, 0.4) is 0 Å². The Hall–Kier alpha value is -0.0400. The van der Waals surface area contributed by atoms with Crippen LogP contribution in [0.25, 0.3) is 0 Å². The highest BCUT2D eigenvalue weighted by Gasteiger charge is 2.05. The molecular formula is C10H22O. The molecule has 0 aliphatic heterocycles. The monoisotopic (exact) mass is 158 g/mol. The summed E-state index contributed by atoms with van der Waals surface area (Å²) in [7, 11) is 0. The van der Waals surface area contributed by atoms with E-state index in [-0.39, 0.29) is 0 Å². The van der Waals surface area contributed by atoms with E-state index < -0.39 is 0 Å². The summed E-state index contributed by atoms with van der Waals surface area (Å²) >= 11 is 0. The minimum Gasteiger partial charge on any atom is -0.396 e. The van der Waals surface area contributed by atoms with Crippen LogP contribution >= 0.6 is 0 Å². The van der Waals surface area contributed by atoms with E-state index in [9.17, 15) is 0 Å². The molecule has 0 heterocycles. The molecule has 0 amide bonds. The van der Waals surface area contributed by atoms with Gasteiger partial charge in [0.2, 0.25) is 0 Å². The molecule has 1 atom stereocenters.